The van der Waals surface area contributed by atoms with Gasteiger partial charge in [-0.15, -0.1) is 0 Å². The highest BCUT2D eigenvalue weighted by molar-refractivity contribution is 5.91. The molecule has 8 heteroatoms. The summed E-state index contributed by atoms with van der Waals surface area (Å²) in [6, 6.07) is 5.18. The summed E-state index contributed by atoms with van der Waals surface area (Å²) in [7, 11) is 1.77. The molecular weight excluding hydrogens is 346 g/mol. The van der Waals surface area contributed by atoms with Gasteiger partial charge in [-0.1, -0.05) is 6.42 Å². The lowest BCUT2D eigenvalue weighted by atomic mass is 10.2. The van der Waals surface area contributed by atoms with E-state index < -0.39 is 0 Å². The minimum absolute atomic E-state index is 0.0397. The number of carbonyl (C=O) groups is 1. The summed E-state index contributed by atoms with van der Waals surface area (Å²) in [5.41, 5.74) is 1.23. The lowest BCUT2D eigenvalue weighted by Crippen LogP contribution is -2.24. The Bertz CT molecular complexity index is 1050. The predicted octanol–water partition coefficient (Wildman–Crippen LogP) is 1.87. The van der Waals surface area contributed by atoms with E-state index in [1.54, 1.807) is 46.9 Å². The average Bonchev–Trinajstić information content (AvgIpc) is 2.91. The zero-order valence-electron chi connectivity index (χ0n) is 15.1. The second-order valence-corrected chi connectivity index (χ2v) is 6.71. The number of benzene rings is 1. The van der Waals surface area contributed by atoms with Crippen LogP contribution in [0.1, 0.15) is 25.1 Å². The summed E-state index contributed by atoms with van der Waals surface area (Å²) in [6.07, 6.45) is 7.26. The Hall–Kier alpha value is -3.16. The quantitative estimate of drug-likeness (QED) is 0.760. The van der Waals surface area contributed by atoms with Crippen molar-refractivity contribution >= 4 is 22.5 Å². The number of nitrogens with zero attached hydrogens (tertiary/aromatic N) is 4. The molecule has 1 amide bonds. The number of aryl methyl sites for hydroxylation is 2. The van der Waals surface area contributed by atoms with Gasteiger partial charge in [-0.25, -0.2) is 4.98 Å². The van der Waals surface area contributed by atoms with Crippen LogP contribution in [-0.2, 0) is 24.8 Å². The summed E-state index contributed by atoms with van der Waals surface area (Å²) in [6.45, 7) is 0.551. The van der Waals surface area contributed by atoms with Gasteiger partial charge in [0, 0.05) is 26.2 Å². The van der Waals surface area contributed by atoms with Crippen LogP contribution in [0, 0.1) is 0 Å². The standard InChI is InChI=1S/C19H21N5O3/c1-23-11-13(10-20-23)21-18(25)12-27-14-6-7-16-15(9-14)19(26)24-8-4-2-3-5-17(24)22-16/h6-7,9-11H,2-5,8,12H2,1H3,(H,21,25). The molecule has 2 aromatic heterocycles. The minimum atomic E-state index is -0.292. The van der Waals surface area contributed by atoms with Crippen LogP contribution in [0.2, 0.25) is 0 Å². The topological polar surface area (TPSA) is 91.0 Å². The molecule has 0 fully saturated rings. The first kappa shape index (κ1) is 17.3. The first-order valence-electron chi connectivity index (χ1n) is 9.05. The highest BCUT2D eigenvalue weighted by Crippen LogP contribution is 2.19. The van der Waals surface area contributed by atoms with E-state index in [9.17, 15) is 9.59 Å². The van der Waals surface area contributed by atoms with Gasteiger partial charge in [-0.3, -0.25) is 18.8 Å². The summed E-state index contributed by atoms with van der Waals surface area (Å²) < 4.78 is 8.94. The number of hydrogen-bond acceptors (Lipinski definition) is 5. The van der Waals surface area contributed by atoms with Crippen molar-refractivity contribution in [1.82, 2.24) is 19.3 Å². The van der Waals surface area contributed by atoms with Gasteiger partial charge in [0.15, 0.2) is 6.61 Å². The summed E-state index contributed by atoms with van der Waals surface area (Å²) in [5, 5.41) is 7.21. The molecule has 0 saturated heterocycles. The van der Waals surface area contributed by atoms with Crippen molar-refractivity contribution in [2.24, 2.45) is 7.05 Å². The molecule has 0 saturated carbocycles. The number of carbonyl (C=O) groups excluding carboxylic acids is 1. The number of anilines is 1. The van der Waals surface area contributed by atoms with E-state index in [0.717, 1.165) is 31.5 Å². The number of nitrogens with one attached hydrogen (secondary N) is 1. The van der Waals surface area contributed by atoms with Crippen LogP contribution >= 0.6 is 0 Å². The van der Waals surface area contributed by atoms with Crippen LogP contribution in [0.25, 0.3) is 10.9 Å². The fraction of sp³-hybridized carbons (Fsp3) is 0.368. The van der Waals surface area contributed by atoms with E-state index in [1.165, 1.54) is 0 Å². The van der Waals surface area contributed by atoms with Gasteiger partial charge < -0.3 is 10.1 Å². The summed E-state index contributed by atoms with van der Waals surface area (Å²) >= 11 is 0. The molecule has 27 heavy (non-hydrogen) atoms. The van der Waals surface area contributed by atoms with Gasteiger partial charge in [0.05, 0.1) is 22.8 Å². The third-order valence-electron chi connectivity index (χ3n) is 4.65. The number of hydrogen-bond donors (Lipinski definition) is 1. The van der Waals surface area contributed by atoms with Crippen LogP contribution in [0.4, 0.5) is 5.69 Å². The Morgan fingerprint density at radius 1 is 1.30 bits per heavy atom. The SMILES string of the molecule is Cn1cc(NC(=O)COc2ccc3nc4n(c(=O)c3c2)CCCCC4)cn1. The lowest BCUT2D eigenvalue weighted by Gasteiger charge is -2.11. The summed E-state index contributed by atoms with van der Waals surface area (Å²) in [5.74, 6) is 1.03. The van der Waals surface area contributed by atoms with Gasteiger partial charge in [-0.2, -0.15) is 5.10 Å². The normalized spacial score (nSPS) is 13.8. The number of amides is 1. The minimum Gasteiger partial charge on any atom is -0.484 e. The Balaban J connectivity index is 1.52. The van der Waals surface area contributed by atoms with Crippen LogP contribution < -0.4 is 15.6 Å². The number of rotatable bonds is 4. The van der Waals surface area contributed by atoms with E-state index in [1.807, 2.05) is 0 Å². The van der Waals surface area contributed by atoms with Gasteiger partial charge in [0.2, 0.25) is 0 Å². The van der Waals surface area contributed by atoms with E-state index in [-0.39, 0.29) is 18.1 Å². The van der Waals surface area contributed by atoms with E-state index in [2.05, 4.69) is 15.4 Å². The fourth-order valence-corrected chi connectivity index (χ4v) is 3.32. The molecule has 0 aliphatic carbocycles. The van der Waals surface area contributed by atoms with Crippen molar-refractivity contribution in [2.45, 2.75) is 32.2 Å². The lowest BCUT2D eigenvalue weighted by molar-refractivity contribution is -0.118. The number of fused-ring (bicyclic) bond motifs is 2. The third kappa shape index (κ3) is 3.69. The van der Waals surface area contributed by atoms with Crippen LogP contribution in [-0.4, -0.2) is 31.8 Å². The maximum Gasteiger partial charge on any atom is 0.262 e. The summed E-state index contributed by atoms with van der Waals surface area (Å²) in [4.78, 5) is 29.5. The average molecular weight is 367 g/mol. The molecular formula is C19H21N5O3. The Labute approximate surface area is 155 Å². The Morgan fingerprint density at radius 3 is 3.00 bits per heavy atom. The molecule has 0 radical (unpaired) electrons. The zero-order chi connectivity index (χ0) is 18.8. The third-order valence-corrected chi connectivity index (χ3v) is 4.65. The molecule has 0 unspecified atom stereocenters. The molecule has 8 nitrogen and oxygen atoms in total. The number of aromatic nitrogens is 4. The molecule has 1 aliphatic rings. The van der Waals surface area contributed by atoms with Crippen molar-refractivity contribution in [3.05, 3.63) is 46.8 Å². The van der Waals surface area contributed by atoms with Crippen molar-refractivity contribution in [2.75, 3.05) is 11.9 Å². The Morgan fingerprint density at radius 2 is 2.19 bits per heavy atom. The first-order chi connectivity index (χ1) is 13.1. The molecule has 1 aromatic carbocycles. The zero-order valence-corrected chi connectivity index (χ0v) is 15.1. The molecule has 3 aromatic rings. The van der Waals surface area contributed by atoms with E-state index in [0.29, 0.717) is 28.9 Å². The van der Waals surface area contributed by atoms with Crippen LogP contribution in [0.15, 0.2) is 35.4 Å². The van der Waals surface area contributed by atoms with Crippen molar-refractivity contribution < 1.29 is 9.53 Å². The molecule has 3 heterocycles. The van der Waals surface area contributed by atoms with Crippen LogP contribution in [0.5, 0.6) is 5.75 Å². The fourth-order valence-electron chi connectivity index (χ4n) is 3.32. The Kier molecular flexibility index (Phi) is 4.62. The molecule has 1 N–H and O–H groups in total. The van der Waals surface area contributed by atoms with Gasteiger partial charge >= 0.3 is 0 Å². The highest BCUT2D eigenvalue weighted by atomic mass is 16.5. The van der Waals surface area contributed by atoms with Crippen molar-refractivity contribution in [3.8, 4) is 5.75 Å². The van der Waals surface area contributed by atoms with Crippen LogP contribution in [0.3, 0.4) is 0 Å². The second kappa shape index (κ2) is 7.22. The molecule has 1 aliphatic heterocycles. The van der Waals surface area contributed by atoms with Crippen molar-refractivity contribution in [3.63, 3.8) is 0 Å². The maximum atomic E-state index is 12.8. The molecule has 0 spiro atoms. The van der Waals surface area contributed by atoms with Gasteiger partial charge in [0.1, 0.15) is 11.6 Å². The van der Waals surface area contributed by atoms with E-state index >= 15 is 0 Å². The highest BCUT2D eigenvalue weighted by Gasteiger charge is 2.14. The predicted molar refractivity (Wildman–Crippen MR) is 101 cm³/mol. The smallest absolute Gasteiger partial charge is 0.262 e. The second-order valence-electron chi connectivity index (χ2n) is 6.71. The molecule has 0 bridgehead atoms. The van der Waals surface area contributed by atoms with Gasteiger partial charge in [0.25, 0.3) is 11.5 Å². The first-order valence-corrected chi connectivity index (χ1v) is 9.05. The number of ether oxygens (including phenoxy) is 1. The molecule has 4 rings (SSSR count). The van der Waals surface area contributed by atoms with Crippen molar-refractivity contribution in [1.29, 1.82) is 0 Å². The molecule has 0 atom stereocenters. The molecule has 140 valence electrons. The monoisotopic (exact) mass is 367 g/mol. The maximum absolute atomic E-state index is 12.8. The van der Waals surface area contributed by atoms with E-state index in [4.69, 9.17) is 4.74 Å². The van der Waals surface area contributed by atoms with Gasteiger partial charge in [-0.05, 0) is 31.0 Å². The largest absolute Gasteiger partial charge is 0.484 e.